The number of nitrogens with zero attached hydrogens (tertiary/aromatic N) is 2. The van der Waals surface area contributed by atoms with Gasteiger partial charge in [-0.3, -0.25) is 24.2 Å². The van der Waals surface area contributed by atoms with E-state index in [-0.39, 0.29) is 23.9 Å². The number of hydrogen-bond acceptors (Lipinski definition) is 5. The molecule has 0 unspecified atom stereocenters. The zero-order valence-electron chi connectivity index (χ0n) is 17.8. The molecule has 0 spiro atoms. The number of hydrogen-bond donors (Lipinski definition) is 4. The van der Waals surface area contributed by atoms with Gasteiger partial charge in [-0.15, -0.1) is 0 Å². The van der Waals surface area contributed by atoms with E-state index in [1.54, 1.807) is 29.1 Å². The number of carbonyl (C=O) groups is 4. The molecule has 0 aromatic carbocycles. The first-order valence-corrected chi connectivity index (χ1v) is 11.0. The quantitative estimate of drug-likeness (QED) is 0.442. The molecular formula is C22H28N6O4. The largest absolute Gasteiger partial charge is 0.368 e. The summed E-state index contributed by atoms with van der Waals surface area (Å²) in [7, 11) is 0. The highest BCUT2D eigenvalue weighted by molar-refractivity contribution is 5.99. The normalized spacial score (nSPS) is 20.4. The lowest BCUT2D eigenvalue weighted by Crippen LogP contribution is -2.50. The first kappa shape index (κ1) is 21.8. The molecule has 1 aliphatic heterocycles. The highest BCUT2D eigenvalue weighted by Gasteiger charge is 2.36. The molecule has 6 N–H and O–H groups in total. The van der Waals surface area contributed by atoms with Gasteiger partial charge in [-0.05, 0) is 43.7 Å². The zero-order valence-corrected chi connectivity index (χ0v) is 17.8. The number of nitrogens with two attached hydrogens (primary N) is 2. The zero-order chi connectivity index (χ0) is 22.8. The van der Waals surface area contributed by atoms with E-state index in [1.165, 1.54) is 0 Å². The predicted octanol–water partition coefficient (Wildman–Crippen LogP) is 0.363. The van der Waals surface area contributed by atoms with Crippen LogP contribution in [0.4, 0.5) is 0 Å². The van der Waals surface area contributed by atoms with Crippen molar-refractivity contribution >= 4 is 34.5 Å². The van der Waals surface area contributed by atoms with Gasteiger partial charge in [0.15, 0.2) is 0 Å². The van der Waals surface area contributed by atoms with Gasteiger partial charge in [-0.25, -0.2) is 0 Å². The van der Waals surface area contributed by atoms with E-state index in [0.717, 1.165) is 19.3 Å². The van der Waals surface area contributed by atoms with Crippen molar-refractivity contribution in [3.63, 3.8) is 0 Å². The number of nitrogens with one attached hydrogen (secondary N) is 2. The maximum absolute atomic E-state index is 13.5. The summed E-state index contributed by atoms with van der Waals surface area (Å²) in [6, 6.07) is 1.62. The summed E-state index contributed by atoms with van der Waals surface area (Å²) in [5, 5.41) is 6.23. The van der Waals surface area contributed by atoms with Gasteiger partial charge in [0.05, 0.1) is 5.52 Å². The van der Waals surface area contributed by atoms with Crippen molar-refractivity contribution < 1.29 is 19.2 Å². The Morgan fingerprint density at radius 1 is 1.22 bits per heavy atom. The minimum atomic E-state index is -0.987. The minimum Gasteiger partial charge on any atom is -0.368 e. The summed E-state index contributed by atoms with van der Waals surface area (Å²) >= 11 is 0. The van der Waals surface area contributed by atoms with Crippen LogP contribution in [-0.2, 0) is 14.4 Å². The van der Waals surface area contributed by atoms with Crippen molar-refractivity contribution in [1.82, 2.24) is 20.2 Å². The Hall–Kier alpha value is -3.43. The second kappa shape index (κ2) is 8.97. The Kier molecular flexibility index (Phi) is 6.11. The number of amides is 4. The molecule has 4 amide bonds. The van der Waals surface area contributed by atoms with Crippen molar-refractivity contribution in [3.8, 4) is 0 Å². The maximum Gasteiger partial charge on any atom is 0.265 e. The molecule has 1 aliphatic carbocycles. The van der Waals surface area contributed by atoms with Crippen molar-refractivity contribution in [1.29, 1.82) is 0 Å². The summed E-state index contributed by atoms with van der Waals surface area (Å²) in [5.74, 6) is -1.94. The first-order valence-electron chi connectivity index (χ1n) is 11.0. The third kappa shape index (κ3) is 4.58. The van der Waals surface area contributed by atoms with Gasteiger partial charge < -0.3 is 26.7 Å². The lowest BCUT2D eigenvalue weighted by Gasteiger charge is -2.27. The topological polar surface area (TPSA) is 162 Å². The van der Waals surface area contributed by atoms with Crippen molar-refractivity contribution in [2.75, 3.05) is 6.54 Å². The maximum atomic E-state index is 13.5. The van der Waals surface area contributed by atoms with Crippen LogP contribution in [0.1, 0.15) is 55.1 Å². The molecule has 10 heteroatoms. The molecule has 3 heterocycles. The molecule has 1 saturated heterocycles. The molecule has 4 rings (SSSR count). The number of primary amides is 2. The smallest absolute Gasteiger partial charge is 0.265 e. The number of piperidine rings is 1. The minimum absolute atomic E-state index is 0.133. The molecule has 2 fully saturated rings. The van der Waals surface area contributed by atoms with E-state index in [2.05, 4.69) is 15.6 Å². The van der Waals surface area contributed by atoms with E-state index >= 15 is 0 Å². The fourth-order valence-corrected chi connectivity index (χ4v) is 4.46. The molecule has 3 atom stereocenters. The molecule has 170 valence electrons. The highest BCUT2D eigenvalue weighted by Crippen LogP contribution is 2.39. The average molecular weight is 441 g/mol. The summed E-state index contributed by atoms with van der Waals surface area (Å²) in [6.07, 6.45) is 7.29. The van der Waals surface area contributed by atoms with Crippen LogP contribution in [0, 0.1) is 11.8 Å². The van der Waals surface area contributed by atoms with Crippen LogP contribution in [0.3, 0.4) is 0 Å². The number of fused-ring (bicyclic) bond motifs is 1. The van der Waals surface area contributed by atoms with E-state index in [0.29, 0.717) is 36.2 Å². The van der Waals surface area contributed by atoms with Crippen molar-refractivity contribution in [3.05, 3.63) is 30.2 Å². The fourth-order valence-electron chi connectivity index (χ4n) is 4.46. The number of rotatable bonds is 9. The second-order valence-corrected chi connectivity index (χ2v) is 8.72. The van der Waals surface area contributed by atoms with Crippen LogP contribution in [-0.4, -0.2) is 45.8 Å². The van der Waals surface area contributed by atoms with Crippen LogP contribution in [0.2, 0.25) is 0 Å². The summed E-state index contributed by atoms with van der Waals surface area (Å²) in [5.41, 5.74) is 12.1. The summed E-state index contributed by atoms with van der Waals surface area (Å²) < 4.78 is 1.64. The molecule has 10 nitrogen and oxygen atoms in total. The average Bonchev–Trinajstić information content (AvgIpc) is 3.50. The summed E-state index contributed by atoms with van der Waals surface area (Å²) in [4.78, 5) is 54.0. The molecule has 32 heavy (non-hydrogen) atoms. The van der Waals surface area contributed by atoms with Gasteiger partial charge in [0, 0.05) is 30.2 Å². The van der Waals surface area contributed by atoms with Crippen LogP contribution in [0.25, 0.3) is 10.9 Å². The SMILES string of the molecule is NC(=O)c1cc2cnccc2n1[C@@H](CC1CC1)C(=O)N[C@@H](C[C@@H]1CCCNC1=O)C(N)=O. The molecule has 0 radical (unpaired) electrons. The second-order valence-electron chi connectivity index (χ2n) is 8.72. The van der Waals surface area contributed by atoms with Gasteiger partial charge in [0.25, 0.3) is 5.91 Å². The first-order chi connectivity index (χ1) is 15.3. The predicted molar refractivity (Wildman–Crippen MR) is 116 cm³/mol. The lowest BCUT2D eigenvalue weighted by molar-refractivity contribution is -0.132. The third-order valence-corrected chi connectivity index (χ3v) is 6.34. The standard InChI is InChI=1S/C22H28N6O4/c23-19(29)15(9-13-2-1-6-26-21(13)31)27-22(32)18(8-12-3-4-12)28-16-5-7-25-11-14(16)10-17(28)20(24)30/h5,7,10-13,15,18H,1-4,6,8-9H2,(H2,23,29)(H2,24,30)(H,26,31)(H,27,32)/t13-,15-,18-/m0/s1. The number of aromatic nitrogens is 2. The van der Waals surface area contributed by atoms with Crippen molar-refractivity contribution in [2.24, 2.45) is 23.3 Å². The monoisotopic (exact) mass is 440 g/mol. The highest BCUT2D eigenvalue weighted by atomic mass is 16.2. The van der Waals surface area contributed by atoms with Gasteiger partial charge in [-0.2, -0.15) is 0 Å². The van der Waals surface area contributed by atoms with Gasteiger partial charge >= 0.3 is 0 Å². The van der Waals surface area contributed by atoms with Crippen LogP contribution in [0.15, 0.2) is 24.5 Å². The Balaban J connectivity index is 1.63. The van der Waals surface area contributed by atoms with E-state index in [4.69, 9.17) is 11.5 Å². The molecule has 1 saturated carbocycles. The molecule has 2 aromatic rings. The van der Waals surface area contributed by atoms with Gasteiger partial charge in [-0.1, -0.05) is 12.8 Å². The Labute approximate surface area is 185 Å². The summed E-state index contributed by atoms with van der Waals surface area (Å²) in [6.45, 7) is 0.609. The fraction of sp³-hybridized carbons (Fsp3) is 0.500. The number of carbonyl (C=O) groups excluding carboxylic acids is 4. The Morgan fingerprint density at radius 3 is 2.66 bits per heavy atom. The molecule has 0 bridgehead atoms. The van der Waals surface area contributed by atoms with E-state index < -0.39 is 29.8 Å². The van der Waals surface area contributed by atoms with E-state index in [1.807, 2.05) is 0 Å². The third-order valence-electron chi connectivity index (χ3n) is 6.34. The lowest BCUT2D eigenvalue weighted by atomic mass is 9.91. The van der Waals surface area contributed by atoms with Gasteiger partial charge in [0.2, 0.25) is 17.7 Å². The molecular weight excluding hydrogens is 412 g/mol. The van der Waals surface area contributed by atoms with E-state index in [9.17, 15) is 19.2 Å². The Morgan fingerprint density at radius 2 is 2.00 bits per heavy atom. The van der Waals surface area contributed by atoms with Crippen molar-refractivity contribution in [2.45, 2.75) is 50.6 Å². The molecule has 2 aromatic heterocycles. The van der Waals surface area contributed by atoms with Gasteiger partial charge in [0.1, 0.15) is 17.8 Å². The molecule has 2 aliphatic rings. The van der Waals surface area contributed by atoms with Crippen LogP contribution in [0.5, 0.6) is 0 Å². The Bertz CT molecular complexity index is 1060. The van der Waals surface area contributed by atoms with Crippen LogP contribution < -0.4 is 22.1 Å². The van der Waals surface area contributed by atoms with Crippen LogP contribution >= 0.6 is 0 Å². The number of pyridine rings is 1.